The molecule has 3 rings (SSSR count). The number of hydrogen-bond donors (Lipinski definition) is 1. The number of para-hydroxylation sites is 1. The van der Waals surface area contributed by atoms with Gasteiger partial charge in [-0.25, -0.2) is 15.0 Å². The summed E-state index contributed by atoms with van der Waals surface area (Å²) in [6.07, 6.45) is 0.801. The van der Waals surface area contributed by atoms with E-state index in [1.165, 1.54) is 0 Å². The smallest absolute Gasteiger partial charge is 0.133 e. The molecule has 0 unspecified atom stereocenters. The third-order valence-corrected chi connectivity index (χ3v) is 3.59. The molecule has 0 radical (unpaired) electrons. The first kappa shape index (κ1) is 13.5. The van der Waals surface area contributed by atoms with Crippen LogP contribution in [0.1, 0.15) is 18.3 Å². The molecule has 3 aromatic rings. The number of aryl methyl sites for hydroxylation is 1. The molecule has 0 spiro atoms. The quantitative estimate of drug-likeness (QED) is 0.795. The molecule has 2 aromatic heterocycles. The molecule has 0 saturated heterocycles. The number of nitrogens with one attached hydrogen (secondary N) is 1. The molecule has 4 nitrogen and oxygen atoms in total. The van der Waals surface area contributed by atoms with Crippen molar-refractivity contribution in [2.24, 2.45) is 0 Å². The van der Waals surface area contributed by atoms with Crippen LogP contribution in [0, 0.1) is 6.92 Å². The van der Waals surface area contributed by atoms with Crippen LogP contribution in [0.5, 0.6) is 0 Å². The molecule has 0 bridgehead atoms. The van der Waals surface area contributed by atoms with Crippen LogP contribution in [-0.2, 0) is 6.42 Å². The van der Waals surface area contributed by atoms with Gasteiger partial charge in [0.15, 0.2) is 0 Å². The van der Waals surface area contributed by atoms with Crippen molar-refractivity contribution < 1.29 is 0 Å². The molecule has 21 heavy (non-hydrogen) atoms. The first-order valence-corrected chi connectivity index (χ1v) is 7.14. The third-order valence-electron chi connectivity index (χ3n) is 3.59. The van der Waals surface area contributed by atoms with E-state index >= 15 is 0 Å². The molecule has 0 aliphatic rings. The largest absolute Gasteiger partial charge is 0.373 e. The molecule has 0 aliphatic heterocycles. The maximum absolute atomic E-state index is 4.74. The molecule has 4 heteroatoms. The average molecular weight is 278 g/mol. The topological polar surface area (TPSA) is 50.7 Å². The number of nitrogens with zero attached hydrogens (tertiary/aromatic N) is 3. The van der Waals surface area contributed by atoms with E-state index in [4.69, 9.17) is 4.98 Å². The van der Waals surface area contributed by atoms with Crippen LogP contribution in [-0.4, -0.2) is 22.0 Å². The summed E-state index contributed by atoms with van der Waals surface area (Å²) >= 11 is 0. The van der Waals surface area contributed by atoms with E-state index in [1.807, 2.05) is 38.2 Å². The Bertz CT molecular complexity index is 796. The fourth-order valence-electron chi connectivity index (χ4n) is 2.41. The predicted molar refractivity (Wildman–Crippen MR) is 86.4 cm³/mol. The van der Waals surface area contributed by atoms with Crippen molar-refractivity contribution in [3.63, 3.8) is 0 Å². The molecule has 2 heterocycles. The van der Waals surface area contributed by atoms with Gasteiger partial charge in [0, 0.05) is 24.4 Å². The van der Waals surface area contributed by atoms with E-state index in [1.54, 1.807) is 0 Å². The summed E-state index contributed by atoms with van der Waals surface area (Å²) in [6.45, 7) is 4.08. The highest BCUT2D eigenvalue weighted by Gasteiger charge is 2.12. The summed E-state index contributed by atoms with van der Waals surface area (Å²) in [4.78, 5) is 13.9. The zero-order valence-electron chi connectivity index (χ0n) is 12.5. The first-order chi connectivity index (χ1) is 10.2. The van der Waals surface area contributed by atoms with Crippen molar-refractivity contribution in [2.45, 2.75) is 20.3 Å². The summed E-state index contributed by atoms with van der Waals surface area (Å²) in [5.41, 5.74) is 3.80. The molecule has 0 amide bonds. The zero-order chi connectivity index (χ0) is 14.8. The normalized spacial score (nSPS) is 10.8. The third kappa shape index (κ3) is 2.44. The minimum Gasteiger partial charge on any atom is -0.373 e. The first-order valence-electron chi connectivity index (χ1n) is 7.14. The van der Waals surface area contributed by atoms with Gasteiger partial charge in [-0.3, -0.25) is 0 Å². The van der Waals surface area contributed by atoms with Crippen LogP contribution in [0.4, 0.5) is 5.82 Å². The van der Waals surface area contributed by atoms with Crippen LogP contribution < -0.4 is 5.32 Å². The minimum atomic E-state index is 0.801. The number of pyridine rings is 1. The Kier molecular flexibility index (Phi) is 3.52. The molecule has 0 fully saturated rings. The maximum Gasteiger partial charge on any atom is 0.133 e. The Hall–Kier alpha value is -2.49. The highest BCUT2D eigenvalue weighted by Crippen LogP contribution is 2.26. The Morgan fingerprint density at radius 1 is 1.00 bits per heavy atom. The van der Waals surface area contributed by atoms with Gasteiger partial charge in [0.2, 0.25) is 0 Å². The van der Waals surface area contributed by atoms with Gasteiger partial charge in [-0.1, -0.05) is 31.2 Å². The molecule has 1 aromatic carbocycles. The molecule has 1 N–H and O–H groups in total. The Morgan fingerprint density at radius 2 is 1.81 bits per heavy atom. The summed E-state index contributed by atoms with van der Waals surface area (Å²) in [7, 11) is 1.88. The van der Waals surface area contributed by atoms with Gasteiger partial charge in [-0.05, 0) is 19.1 Å². The van der Waals surface area contributed by atoms with Crippen molar-refractivity contribution in [1.82, 2.24) is 15.0 Å². The number of anilines is 1. The molecule has 0 saturated carbocycles. The van der Waals surface area contributed by atoms with Gasteiger partial charge in [0.25, 0.3) is 0 Å². The zero-order valence-corrected chi connectivity index (χ0v) is 12.5. The maximum atomic E-state index is 4.74. The lowest BCUT2D eigenvalue weighted by atomic mass is 10.1. The van der Waals surface area contributed by atoms with Crippen molar-refractivity contribution in [3.05, 3.63) is 47.8 Å². The summed E-state index contributed by atoms with van der Waals surface area (Å²) < 4.78 is 0. The number of fused-ring (bicyclic) bond motifs is 1. The van der Waals surface area contributed by atoms with Gasteiger partial charge in [-0.15, -0.1) is 0 Å². The Morgan fingerprint density at radius 3 is 2.57 bits per heavy atom. The van der Waals surface area contributed by atoms with Crippen LogP contribution in [0.2, 0.25) is 0 Å². The number of hydrogen-bond acceptors (Lipinski definition) is 4. The highest BCUT2D eigenvalue weighted by atomic mass is 15.0. The predicted octanol–water partition coefficient (Wildman–Crippen LogP) is 3.60. The van der Waals surface area contributed by atoms with Crippen LogP contribution in [0.25, 0.3) is 22.3 Å². The second-order valence-corrected chi connectivity index (χ2v) is 4.95. The number of benzene rings is 1. The fourth-order valence-corrected chi connectivity index (χ4v) is 2.41. The van der Waals surface area contributed by atoms with Crippen molar-refractivity contribution in [3.8, 4) is 11.4 Å². The lowest BCUT2D eigenvalue weighted by Crippen LogP contribution is -2.05. The fraction of sp³-hybridized carbons (Fsp3) is 0.235. The van der Waals surface area contributed by atoms with E-state index in [0.29, 0.717) is 0 Å². The minimum absolute atomic E-state index is 0.801. The molecule has 0 aliphatic carbocycles. The van der Waals surface area contributed by atoms with E-state index in [9.17, 15) is 0 Å². The molecule has 106 valence electrons. The van der Waals surface area contributed by atoms with Crippen molar-refractivity contribution in [2.75, 3.05) is 12.4 Å². The van der Waals surface area contributed by atoms with Gasteiger partial charge >= 0.3 is 0 Å². The second kappa shape index (κ2) is 5.48. The second-order valence-electron chi connectivity index (χ2n) is 4.95. The summed E-state index contributed by atoms with van der Waals surface area (Å²) in [5.74, 6) is 1.70. The monoisotopic (exact) mass is 278 g/mol. The standard InChI is InChI=1S/C17H18N4/c1-4-15-20-16(11(2)17(18-3)21-15)14-10-9-12-7-5-6-8-13(12)19-14/h5-10H,4H2,1-3H3,(H,18,20,21). The Labute approximate surface area is 124 Å². The van der Waals surface area contributed by atoms with E-state index in [-0.39, 0.29) is 0 Å². The molecular weight excluding hydrogens is 260 g/mol. The summed E-state index contributed by atoms with van der Waals surface area (Å²) in [5, 5.41) is 4.27. The van der Waals surface area contributed by atoms with Crippen molar-refractivity contribution in [1.29, 1.82) is 0 Å². The average Bonchev–Trinajstić information content (AvgIpc) is 2.54. The van der Waals surface area contributed by atoms with Crippen molar-refractivity contribution >= 4 is 16.7 Å². The van der Waals surface area contributed by atoms with Crippen LogP contribution in [0.15, 0.2) is 36.4 Å². The Balaban J connectivity index is 2.21. The highest BCUT2D eigenvalue weighted by molar-refractivity contribution is 5.81. The van der Waals surface area contributed by atoms with Gasteiger partial charge in [0.05, 0.1) is 16.9 Å². The molecular formula is C17H18N4. The van der Waals surface area contributed by atoms with Gasteiger partial charge < -0.3 is 5.32 Å². The summed E-state index contributed by atoms with van der Waals surface area (Å²) in [6, 6.07) is 12.2. The van der Waals surface area contributed by atoms with Crippen LogP contribution >= 0.6 is 0 Å². The van der Waals surface area contributed by atoms with Gasteiger partial charge in [-0.2, -0.15) is 0 Å². The SMILES string of the molecule is CCc1nc(NC)c(C)c(-c2ccc3ccccc3n2)n1. The number of aromatic nitrogens is 3. The van der Waals surface area contributed by atoms with E-state index in [0.717, 1.165) is 45.9 Å². The lowest BCUT2D eigenvalue weighted by molar-refractivity contribution is 0.933. The number of rotatable bonds is 3. The molecule has 0 atom stereocenters. The van der Waals surface area contributed by atoms with Crippen LogP contribution in [0.3, 0.4) is 0 Å². The van der Waals surface area contributed by atoms with Gasteiger partial charge in [0.1, 0.15) is 11.6 Å². The van der Waals surface area contributed by atoms with E-state index < -0.39 is 0 Å². The lowest BCUT2D eigenvalue weighted by Gasteiger charge is -2.11. The van der Waals surface area contributed by atoms with E-state index in [2.05, 4.69) is 34.3 Å².